The average molecular weight is 574 g/mol. The molecule has 38 heavy (non-hydrogen) atoms. The molecule has 0 saturated heterocycles. The summed E-state index contributed by atoms with van der Waals surface area (Å²) in [5.41, 5.74) is 8.34. The molecule has 0 unspecified atom stereocenters. The lowest BCUT2D eigenvalue weighted by Crippen LogP contribution is -2.18. The van der Waals surface area contributed by atoms with Crippen LogP contribution in [0.5, 0.6) is 5.75 Å². The number of para-hydroxylation sites is 2. The van der Waals surface area contributed by atoms with Crippen molar-refractivity contribution in [2.75, 3.05) is 16.4 Å². The number of unbranched alkanes of at least 4 members (excludes halogenated alkanes) is 1. The van der Waals surface area contributed by atoms with Crippen molar-refractivity contribution in [3.8, 4) is 5.75 Å². The number of amides is 2. The predicted molar refractivity (Wildman–Crippen MR) is 155 cm³/mol. The maximum atomic E-state index is 12.8. The van der Waals surface area contributed by atoms with Crippen LogP contribution in [0, 0.1) is 0 Å². The Bertz CT molecular complexity index is 1450. The number of benzene rings is 4. The quantitative estimate of drug-likeness (QED) is 0.0937. The van der Waals surface area contributed by atoms with Crippen molar-refractivity contribution in [3.63, 3.8) is 0 Å². The number of anilines is 3. The summed E-state index contributed by atoms with van der Waals surface area (Å²) in [6.07, 6.45) is 3.87. The van der Waals surface area contributed by atoms with E-state index in [1.54, 1.807) is 54.6 Å². The Morgan fingerprint density at radius 3 is 2.39 bits per heavy atom. The number of nitrogens with two attached hydrogens (primary N) is 1. The minimum Gasteiger partial charge on any atom is -0.507 e. The van der Waals surface area contributed by atoms with Crippen molar-refractivity contribution in [1.82, 2.24) is 0 Å². The minimum absolute atomic E-state index is 0.162. The molecule has 7 nitrogen and oxygen atoms in total. The number of ether oxygens (including phenoxy) is 1. The molecule has 0 radical (unpaired) electrons. The number of nitrogens with one attached hydrogen (secondary N) is 2. The number of halogens is 1. The normalized spacial score (nSPS) is 11.8. The second-order valence-electron chi connectivity index (χ2n) is 8.66. The summed E-state index contributed by atoms with van der Waals surface area (Å²) >= 11 is 3.38. The van der Waals surface area contributed by atoms with Gasteiger partial charge < -0.3 is 20.9 Å². The molecule has 1 atom stereocenters. The lowest BCUT2D eigenvalue weighted by Gasteiger charge is -2.20. The summed E-state index contributed by atoms with van der Waals surface area (Å²) in [7, 11) is 0. The van der Waals surface area contributed by atoms with Crippen LogP contribution >= 0.6 is 15.9 Å². The van der Waals surface area contributed by atoms with Gasteiger partial charge in [0.25, 0.3) is 0 Å². The molecule has 0 spiro atoms. The Morgan fingerprint density at radius 2 is 1.63 bits per heavy atom. The molecule has 4 aromatic rings. The molecule has 0 fully saturated rings. The summed E-state index contributed by atoms with van der Waals surface area (Å²) in [6, 6.07) is 25.1. The SMILES string of the molecule is Nc1ccccc1NC(=O)/C=C/CCC[C@H](OC(=O)Nc1ccc(Br)cc1)c1ccc(O)c2ccccc12. The number of aromatic hydroxyl groups is 1. The van der Waals surface area contributed by atoms with Gasteiger partial charge in [-0.25, -0.2) is 4.79 Å². The molecule has 0 saturated carbocycles. The van der Waals surface area contributed by atoms with Crippen LogP contribution in [-0.2, 0) is 9.53 Å². The van der Waals surface area contributed by atoms with E-state index in [4.69, 9.17) is 10.5 Å². The van der Waals surface area contributed by atoms with E-state index in [1.807, 2.05) is 36.4 Å². The van der Waals surface area contributed by atoms with Gasteiger partial charge in [-0.15, -0.1) is 0 Å². The third-order valence-electron chi connectivity index (χ3n) is 5.95. The molecular weight excluding hydrogens is 546 g/mol. The van der Waals surface area contributed by atoms with Crippen molar-refractivity contribution < 1.29 is 19.4 Å². The maximum absolute atomic E-state index is 12.8. The van der Waals surface area contributed by atoms with Gasteiger partial charge in [0, 0.05) is 21.1 Å². The zero-order valence-electron chi connectivity index (χ0n) is 20.6. The molecule has 0 aromatic heterocycles. The summed E-state index contributed by atoms with van der Waals surface area (Å²) in [6.45, 7) is 0. The van der Waals surface area contributed by atoms with Crippen molar-refractivity contribution in [2.45, 2.75) is 25.4 Å². The molecule has 194 valence electrons. The van der Waals surface area contributed by atoms with Gasteiger partial charge in [-0.1, -0.05) is 64.5 Å². The van der Waals surface area contributed by atoms with E-state index in [0.717, 1.165) is 15.4 Å². The van der Waals surface area contributed by atoms with E-state index >= 15 is 0 Å². The lowest BCUT2D eigenvalue weighted by atomic mass is 9.96. The second-order valence-corrected chi connectivity index (χ2v) is 9.57. The van der Waals surface area contributed by atoms with E-state index in [2.05, 4.69) is 26.6 Å². The molecule has 0 bridgehead atoms. The molecule has 2 amide bonds. The fourth-order valence-corrected chi connectivity index (χ4v) is 4.34. The maximum Gasteiger partial charge on any atom is 0.412 e. The second kappa shape index (κ2) is 12.8. The molecule has 8 heteroatoms. The average Bonchev–Trinajstić information content (AvgIpc) is 2.91. The number of rotatable bonds is 9. The molecule has 0 heterocycles. The van der Waals surface area contributed by atoms with E-state index in [-0.39, 0.29) is 11.7 Å². The van der Waals surface area contributed by atoms with Crippen LogP contribution < -0.4 is 16.4 Å². The summed E-state index contributed by atoms with van der Waals surface area (Å²) < 4.78 is 6.78. The highest BCUT2D eigenvalue weighted by Crippen LogP contribution is 2.35. The predicted octanol–water partition coefficient (Wildman–Crippen LogP) is 7.55. The van der Waals surface area contributed by atoms with Gasteiger partial charge in [0.2, 0.25) is 5.91 Å². The smallest absolute Gasteiger partial charge is 0.412 e. The largest absolute Gasteiger partial charge is 0.507 e. The molecule has 0 aliphatic rings. The number of phenols is 1. The van der Waals surface area contributed by atoms with Crippen LogP contribution in [0.2, 0.25) is 0 Å². The Hall–Kier alpha value is -4.30. The highest BCUT2D eigenvalue weighted by Gasteiger charge is 2.20. The van der Waals surface area contributed by atoms with Crippen LogP contribution in [0.1, 0.15) is 30.9 Å². The van der Waals surface area contributed by atoms with Gasteiger partial charge in [0.05, 0.1) is 11.4 Å². The molecule has 0 aliphatic heterocycles. The molecular formula is C30H28BrN3O4. The van der Waals surface area contributed by atoms with E-state index in [1.165, 1.54) is 6.08 Å². The monoisotopic (exact) mass is 573 g/mol. The number of fused-ring (bicyclic) bond motifs is 1. The molecule has 4 rings (SSSR count). The number of carbonyl (C=O) groups excluding carboxylic acids is 2. The van der Waals surface area contributed by atoms with Crippen LogP contribution in [0.15, 0.2) is 102 Å². The van der Waals surface area contributed by atoms with Gasteiger partial charge >= 0.3 is 6.09 Å². The summed E-state index contributed by atoms with van der Waals surface area (Å²) in [4.78, 5) is 25.0. The number of allylic oxidation sites excluding steroid dienone is 1. The van der Waals surface area contributed by atoms with Crippen molar-refractivity contribution in [1.29, 1.82) is 0 Å². The highest BCUT2D eigenvalue weighted by molar-refractivity contribution is 9.10. The van der Waals surface area contributed by atoms with Crippen LogP contribution in [0.3, 0.4) is 0 Å². The van der Waals surface area contributed by atoms with Gasteiger partial charge in [-0.05, 0) is 73.2 Å². The Labute approximate surface area is 229 Å². The van der Waals surface area contributed by atoms with E-state index < -0.39 is 12.2 Å². The van der Waals surface area contributed by atoms with Gasteiger partial charge in [-0.3, -0.25) is 10.1 Å². The van der Waals surface area contributed by atoms with E-state index in [0.29, 0.717) is 41.7 Å². The van der Waals surface area contributed by atoms with Crippen LogP contribution in [-0.4, -0.2) is 17.1 Å². The first-order chi connectivity index (χ1) is 18.4. The highest BCUT2D eigenvalue weighted by atomic mass is 79.9. The Kier molecular flexibility index (Phi) is 9.00. The first-order valence-electron chi connectivity index (χ1n) is 12.2. The first kappa shape index (κ1) is 26.8. The van der Waals surface area contributed by atoms with Crippen molar-refractivity contribution >= 4 is 55.8 Å². The number of hydrogen-bond donors (Lipinski definition) is 4. The summed E-state index contributed by atoms with van der Waals surface area (Å²) in [5.74, 6) is -0.107. The fourth-order valence-electron chi connectivity index (χ4n) is 4.07. The topological polar surface area (TPSA) is 114 Å². The number of hydrogen-bond acceptors (Lipinski definition) is 5. The minimum atomic E-state index is -0.579. The van der Waals surface area contributed by atoms with Gasteiger partial charge in [-0.2, -0.15) is 0 Å². The van der Waals surface area contributed by atoms with Crippen LogP contribution in [0.4, 0.5) is 21.9 Å². The third kappa shape index (κ3) is 7.14. The molecule has 5 N–H and O–H groups in total. The molecule has 4 aromatic carbocycles. The van der Waals surface area contributed by atoms with Crippen molar-refractivity contribution in [2.24, 2.45) is 0 Å². The Morgan fingerprint density at radius 1 is 0.921 bits per heavy atom. The first-order valence-corrected chi connectivity index (χ1v) is 13.0. The van der Waals surface area contributed by atoms with Gasteiger partial charge in [0.15, 0.2) is 0 Å². The lowest BCUT2D eigenvalue weighted by molar-refractivity contribution is -0.111. The molecule has 0 aliphatic carbocycles. The Balaban J connectivity index is 1.44. The fraction of sp³-hybridized carbons (Fsp3) is 0.133. The zero-order chi connectivity index (χ0) is 26.9. The van der Waals surface area contributed by atoms with Gasteiger partial charge in [0.1, 0.15) is 11.9 Å². The number of phenolic OH excluding ortho intramolecular Hbond substituents is 1. The van der Waals surface area contributed by atoms with E-state index in [9.17, 15) is 14.7 Å². The number of nitrogen functional groups attached to an aromatic ring is 1. The third-order valence-corrected chi connectivity index (χ3v) is 6.48. The standard InChI is InChI=1S/C30H28BrN3O4/c31-20-14-16-21(17-15-20)33-30(37)38-28(24-18-19-27(35)23-9-5-4-8-22(23)24)12-2-1-3-13-29(36)34-26-11-7-6-10-25(26)32/h3-11,13-19,28,35H,1-2,12,32H2,(H,33,37)(H,34,36)/b13-3+/t28-/m0/s1. The summed E-state index contributed by atoms with van der Waals surface area (Å²) in [5, 5.41) is 17.3. The number of carbonyl (C=O) groups is 2. The van der Waals surface area contributed by atoms with Crippen molar-refractivity contribution in [3.05, 3.63) is 107 Å². The zero-order valence-corrected chi connectivity index (χ0v) is 22.1. The van der Waals surface area contributed by atoms with Crippen LogP contribution in [0.25, 0.3) is 10.8 Å².